The molecule has 11 heteroatoms. The lowest BCUT2D eigenvalue weighted by Gasteiger charge is -2.11. The van der Waals surface area contributed by atoms with Crippen LogP contribution in [0.4, 0.5) is 18.9 Å². The van der Waals surface area contributed by atoms with Crippen molar-refractivity contribution in [1.82, 2.24) is 5.32 Å². The molecule has 0 aliphatic rings. The van der Waals surface area contributed by atoms with Crippen molar-refractivity contribution in [2.75, 3.05) is 31.7 Å². The van der Waals surface area contributed by atoms with E-state index in [9.17, 15) is 27.6 Å². The van der Waals surface area contributed by atoms with Gasteiger partial charge in [-0.15, -0.1) is 0 Å². The summed E-state index contributed by atoms with van der Waals surface area (Å²) in [4.78, 5) is 35.1. The van der Waals surface area contributed by atoms with Crippen molar-refractivity contribution < 1.29 is 41.8 Å². The van der Waals surface area contributed by atoms with Gasteiger partial charge in [-0.2, -0.15) is 0 Å². The van der Waals surface area contributed by atoms with E-state index in [1.165, 1.54) is 0 Å². The Balaban J connectivity index is 1.63. The number of para-hydroxylation sites is 2. The third kappa shape index (κ3) is 8.36. The summed E-state index contributed by atoms with van der Waals surface area (Å²) in [6, 6.07) is 8.60. The predicted molar refractivity (Wildman–Crippen MR) is 111 cm³/mol. The van der Waals surface area contributed by atoms with Crippen LogP contribution in [-0.2, 0) is 19.1 Å². The monoisotopic (exact) mass is 468 g/mol. The fourth-order valence-electron chi connectivity index (χ4n) is 2.51. The topological polar surface area (TPSA) is 103 Å². The summed E-state index contributed by atoms with van der Waals surface area (Å²) in [5, 5.41) is 4.15. The zero-order chi connectivity index (χ0) is 24.2. The van der Waals surface area contributed by atoms with Crippen molar-refractivity contribution >= 4 is 23.5 Å². The van der Waals surface area contributed by atoms with E-state index in [1.807, 2.05) is 18.3 Å². The summed E-state index contributed by atoms with van der Waals surface area (Å²) in [5.41, 5.74) is -0.578. The SMILES string of the molecule is CCOc1ccccc1OCCCC(=O)OCC(=O)NCC(=O)Nc1ccc(F)c(F)c1F. The van der Waals surface area contributed by atoms with Crippen molar-refractivity contribution in [3.8, 4) is 11.5 Å². The van der Waals surface area contributed by atoms with Gasteiger partial charge in [0, 0.05) is 6.42 Å². The van der Waals surface area contributed by atoms with Crippen LogP contribution in [0.25, 0.3) is 0 Å². The third-order valence-corrected chi connectivity index (χ3v) is 4.05. The molecule has 2 amide bonds. The highest BCUT2D eigenvalue weighted by molar-refractivity contribution is 5.94. The van der Waals surface area contributed by atoms with E-state index in [2.05, 4.69) is 5.32 Å². The molecule has 2 aromatic carbocycles. The minimum absolute atomic E-state index is 0.0000241. The Labute approximate surface area is 188 Å². The first-order valence-corrected chi connectivity index (χ1v) is 10.0. The maximum atomic E-state index is 13.5. The van der Waals surface area contributed by atoms with Gasteiger partial charge in [-0.3, -0.25) is 14.4 Å². The molecule has 2 N–H and O–H groups in total. The van der Waals surface area contributed by atoms with Crippen LogP contribution in [0.3, 0.4) is 0 Å². The molecular formula is C22H23F3N2O6. The van der Waals surface area contributed by atoms with E-state index in [4.69, 9.17) is 14.2 Å². The van der Waals surface area contributed by atoms with Crippen molar-refractivity contribution in [3.63, 3.8) is 0 Å². The lowest BCUT2D eigenvalue weighted by molar-refractivity contribution is -0.148. The molecule has 2 rings (SSSR count). The molecule has 8 nitrogen and oxygen atoms in total. The summed E-state index contributed by atoms with van der Waals surface area (Å²) >= 11 is 0. The molecule has 0 aliphatic carbocycles. The Hall–Kier alpha value is -3.76. The highest BCUT2D eigenvalue weighted by Crippen LogP contribution is 2.26. The van der Waals surface area contributed by atoms with Crippen molar-refractivity contribution in [3.05, 3.63) is 53.8 Å². The van der Waals surface area contributed by atoms with Gasteiger partial charge in [0.15, 0.2) is 35.6 Å². The molecule has 0 aromatic heterocycles. The molecule has 0 spiro atoms. The number of hydrogen-bond donors (Lipinski definition) is 2. The average Bonchev–Trinajstić information content (AvgIpc) is 2.80. The number of benzene rings is 2. The van der Waals surface area contributed by atoms with Crippen LogP contribution in [0, 0.1) is 17.5 Å². The molecule has 178 valence electrons. The van der Waals surface area contributed by atoms with Crippen LogP contribution in [0.15, 0.2) is 36.4 Å². The van der Waals surface area contributed by atoms with Crippen LogP contribution in [0.5, 0.6) is 11.5 Å². The average molecular weight is 468 g/mol. The second-order valence-electron chi connectivity index (χ2n) is 6.54. The normalized spacial score (nSPS) is 10.3. The Morgan fingerprint density at radius 2 is 1.61 bits per heavy atom. The summed E-state index contributed by atoms with van der Waals surface area (Å²) in [6.07, 6.45) is 0.336. The number of ether oxygens (including phenoxy) is 3. The highest BCUT2D eigenvalue weighted by atomic mass is 19.2. The van der Waals surface area contributed by atoms with Gasteiger partial charge in [-0.1, -0.05) is 12.1 Å². The third-order valence-electron chi connectivity index (χ3n) is 4.05. The fraction of sp³-hybridized carbons (Fsp3) is 0.318. The smallest absolute Gasteiger partial charge is 0.306 e. The minimum Gasteiger partial charge on any atom is -0.490 e. The molecule has 0 atom stereocenters. The summed E-state index contributed by atoms with van der Waals surface area (Å²) in [7, 11) is 0. The summed E-state index contributed by atoms with van der Waals surface area (Å²) in [6.45, 7) is 1.34. The Kier molecular flexibility index (Phi) is 10.00. The molecule has 0 unspecified atom stereocenters. The first kappa shape index (κ1) is 25.5. The van der Waals surface area contributed by atoms with Gasteiger partial charge in [0.1, 0.15) is 0 Å². The van der Waals surface area contributed by atoms with Crippen molar-refractivity contribution in [2.24, 2.45) is 0 Å². The number of esters is 1. The zero-order valence-corrected chi connectivity index (χ0v) is 17.8. The molecule has 0 bridgehead atoms. The number of nitrogens with one attached hydrogen (secondary N) is 2. The summed E-state index contributed by atoms with van der Waals surface area (Å²) < 4.78 is 55.4. The number of carbonyl (C=O) groups is 3. The number of halogens is 3. The van der Waals surface area contributed by atoms with Crippen LogP contribution in [0.2, 0.25) is 0 Å². The van der Waals surface area contributed by atoms with E-state index < -0.39 is 54.1 Å². The molecule has 0 aliphatic heterocycles. The Morgan fingerprint density at radius 1 is 0.909 bits per heavy atom. The Bertz CT molecular complexity index is 987. The highest BCUT2D eigenvalue weighted by Gasteiger charge is 2.16. The molecule has 0 saturated carbocycles. The van der Waals surface area contributed by atoms with E-state index in [1.54, 1.807) is 18.2 Å². The van der Waals surface area contributed by atoms with Crippen LogP contribution in [0.1, 0.15) is 19.8 Å². The molecule has 2 aromatic rings. The number of rotatable bonds is 12. The molecule has 0 fully saturated rings. The fourth-order valence-corrected chi connectivity index (χ4v) is 2.51. The van der Waals surface area contributed by atoms with Crippen LogP contribution < -0.4 is 20.1 Å². The first-order valence-electron chi connectivity index (χ1n) is 10.0. The van der Waals surface area contributed by atoms with Crippen LogP contribution in [-0.4, -0.2) is 44.1 Å². The van der Waals surface area contributed by atoms with Gasteiger partial charge in [0.2, 0.25) is 5.91 Å². The number of amides is 2. The molecular weight excluding hydrogens is 445 g/mol. The lowest BCUT2D eigenvalue weighted by Crippen LogP contribution is -2.35. The first-order chi connectivity index (χ1) is 15.8. The zero-order valence-electron chi connectivity index (χ0n) is 17.8. The summed E-state index contributed by atoms with van der Waals surface area (Å²) in [5.74, 6) is -5.84. The second-order valence-corrected chi connectivity index (χ2v) is 6.54. The Morgan fingerprint density at radius 3 is 2.30 bits per heavy atom. The number of anilines is 1. The van der Waals surface area contributed by atoms with Gasteiger partial charge in [-0.05, 0) is 37.6 Å². The molecule has 0 saturated heterocycles. The van der Waals surface area contributed by atoms with Crippen molar-refractivity contribution in [1.29, 1.82) is 0 Å². The van der Waals surface area contributed by atoms with E-state index >= 15 is 0 Å². The van der Waals surface area contributed by atoms with Gasteiger partial charge < -0.3 is 24.8 Å². The number of carbonyl (C=O) groups excluding carboxylic acids is 3. The maximum absolute atomic E-state index is 13.5. The molecule has 0 heterocycles. The van der Waals surface area contributed by atoms with E-state index in [0.29, 0.717) is 30.6 Å². The second kappa shape index (κ2) is 12.9. The lowest BCUT2D eigenvalue weighted by atomic mass is 10.2. The van der Waals surface area contributed by atoms with Crippen LogP contribution >= 0.6 is 0 Å². The van der Waals surface area contributed by atoms with Gasteiger partial charge in [0.25, 0.3) is 5.91 Å². The standard InChI is InChI=1S/C22H23F3N2O6/c1-2-31-16-6-3-4-7-17(16)32-11-5-8-20(30)33-13-19(29)26-12-18(28)27-15-10-9-14(23)21(24)22(15)25/h3-4,6-7,9-10H,2,5,8,11-13H2,1H3,(H,26,29)(H,27,28). The van der Waals surface area contributed by atoms with E-state index in [-0.39, 0.29) is 13.0 Å². The maximum Gasteiger partial charge on any atom is 0.306 e. The van der Waals surface area contributed by atoms with Gasteiger partial charge in [0.05, 0.1) is 25.4 Å². The van der Waals surface area contributed by atoms with Gasteiger partial charge in [-0.25, -0.2) is 13.2 Å². The van der Waals surface area contributed by atoms with Crippen molar-refractivity contribution in [2.45, 2.75) is 19.8 Å². The largest absolute Gasteiger partial charge is 0.490 e. The minimum atomic E-state index is -1.73. The van der Waals surface area contributed by atoms with E-state index in [0.717, 1.165) is 6.07 Å². The quantitative estimate of drug-likeness (QED) is 0.282. The predicted octanol–water partition coefficient (Wildman–Crippen LogP) is 2.96. The molecule has 0 radical (unpaired) electrons. The van der Waals surface area contributed by atoms with Gasteiger partial charge >= 0.3 is 5.97 Å². The molecule has 33 heavy (non-hydrogen) atoms. The number of hydrogen-bond acceptors (Lipinski definition) is 6.